The first-order chi connectivity index (χ1) is 11.0. The number of rotatable bonds is 3. The van der Waals surface area contributed by atoms with Crippen LogP contribution in [-0.4, -0.2) is 18.9 Å². The van der Waals surface area contributed by atoms with Gasteiger partial charge in [0, 0.05) is 10.6 Å². The number of ether oxygens (including phenoxy) is 1. The number of benzene rings is 2. The fourth-order valence-electron chi connectivity index (χ4n) is 1.84. The van der Waals surface area contributed by atoms with Crippen LogP contribution in [0.2, 0.25) is 5.02 Å². The zero-order valence-electron chi connectivity index (χ0n) is 12.1. The van der Waals surface area contributed by atoms with Crippen molar-refractivity contribution in [3.63, 3.8) is 0 Å². The molecule has 2 aromatic carbocycles. The quantitative estimate of drug-likeness (QED) is 0.845. The van der Waals surface area contributed by atoms with Crippen LogP contribution < -0.4 is 15.6 Å². The molecule has 0 atom stereocenters. The van der Waals surface area contributed by atoms with Crippen molar-refractivity contribution in [2.45, 2.75) is 0 Å². The second kappa shape index (κ2) is 7.29. The summed E-state index contributed by atoms with van der Waals surface area (Å²) < 4.78 is 5.07. The molecule has 0 saturated carbocycles. The summed E-state index contributed by atoms with van der Waals surface area (Å²) in [5.74, 6) is -0.793. The molecule has 2 amide bonds. The minimum atomic E-state index is -0.575. The number of hydrogen-bond donors (Lipinski definition) is 2. The molecule has 6 nitrogen and oxygen atoms in total. The minimum Gasteiger partial charge on any atom is -0.496 e. The highest BCUT2D eigenvalue weighted by molar-refractivity contribution is 6.31. The number of nitriles is 1. The molecule has 0 fully saturated rings. The molecule has 116 valence electrons. The molecule has 2 rings (SSSR count). The third-order valence-corrected chi connectivity index (χ3v) is 3.18. The van der Waals surface area contributed by atoms with Crippen molar-refractivity contribution in [2.24, 2.45) is 0 Å². The molecule has 0 unspecified atom stereocenters. The Bertz CT molecular complexity index is 799. The van der Waals surface area contributed by atoms with Crippen LogP contribution in [0.3, 0.4) is 0 Å². The number of carbonyl (C=O) groups is 2. The van der Waals surface area contributed by atoms with Crippen molar-refractivity contribution >= 4 is 23.4 Å². The van der Waals surface area contributed by atoms with Crippen LogP contribution in [0.5, 0.6) is 5.75 Å². The first-order valence-electron chi connectivity index (χ1n) is 6.49. The lowest BCUT2D eigenvalue weighted by Gasteiger charge is -2.10. The van der Waals surface area contributed by atoms with Gasteiger partial charge < -0.3 is 4.74 Å². The molecule has 0 aliphatic carbocycles. The standard InChI is InChI=1S/C16H12ClN3O3/c1-23-14-6-5-12(17)8-13(14)16(22)20-19-15(21)11-4-2-3-10(7-11)9-18/h2-8H,1H3,(H,19,21)(H,20,22). The van der Waals surface area contributed by atoms with Crippen molar-refractivity contribution in [1.29, 1.82) is 5.26 Å². The summed E-state index contributed by atoms with van der Waals surface area (Å²) in [6.45, 7) is 0. The van der Waals surface area contributed by atoms with E-state index in [1.165, 1.54) is 25.3 Å². The fraction of sp³-hybridized carbons (Fsp3) is 0.0625. The normalized spacial score (nSPS) is 9.61. The van der Waals surface area contributed by atoms with E-state index >= 15 is 0 Å². The van der Waals surface area contributed by atoms with Gasteiger partial charge in [-0.15, -0.1) is 0 Å². The van der Waals surface area contributed by atoms with Crippen molar-refractivity contribution in [2.75, 3.05) is 7.11 Å². The molecular formula is C16H12ClN3O3. The van der Waals surface area contributed by atoms with Crippen LogP contribution in [0.25, 0.3) is 0 Å². The molecule has 0 spiro atoms. The zero-order valence-corrected chi connectivity index (χ0v) is 12.8. The highest BCUT2D eigenvalue weighted by Crippen LogP contribution is 2.22. The molecule has 0 saturated heterocycles. The second-order valence-corrected chi connectivity index (χ2v) is 4.88. The Morgan fingerprint density at radius 3 is 2.57 bits per heavy atom. The van der Waals surface area contributed by atoms with E-state index in [1.54, 1.807) is 24.3 Å². The van der Waals surface area contributed by atoms with E-state index in [4.69, 9.17) is 21.6 Å². The molecule has 2 aromatic rings. The number of methoxy groups -OCH3 is 1. The first-order valence-corrected chi connectivity index (χ1v) is 6.87. The van der Waals surface area contributed by atoms with Gasteiger partial charge in [-0.3, -0.25) is 20.4 Å². The smallest absolute Gasteiger partial charge is 0.273 e. The monoisotopic (exact) mass is 329 g/mol. The van der Waals surface area contributed by atoms with Gasteiger partial charge in [0.2, 0.25) is 0 Å². The number of halogens is 1. The van der Waals surface area contributed by atoms with Crippen LogP contribution in [-0.2, 0) is 0 Å². The average molecular weight is 330 g/mol. The largest absolute Gasteiger partial charge is 0.496 e. The summed E-state index contributed by atoms with van der Waals surface area (Å²) in [6.07, 6.45) is 0. The van der Waals surface area contributed by atoms with Gasteiger partial charge >= 0.3 is 0 Å². The number of amides is 2. The van der Waals surface area contributed by atoms with Crippen molar-refractivity contribution < 1.29 is 14.3 Å². The summed E-state index contributed by atoms with van der Waals surface area (Å²) in [7, 11) is 1.42. The van der Waals surface area contributed by atoms with Gasteiger partial charge in [-0.25, -0.2) is 0 Å². The van der Waals surface area contributed by atoms with Crippen LogP contribution in [0.15, 0.2) is 42.5 Å². The van der Waals surface area contributed by atoms with Crippen LogP contribution in [0.1, 0.15) is 26.3 Å². The Balaban J connectivity index is 2.08. The molecule has 0 aromatic heterocycles. The predicted molar refractivity (Wildman–Crippen MR) is 84.1 cm³/mol. The SMILES string of the molecule is COc1ccc(Cl)cc1C(=O)NNC(=O)c1cccc(C#N)c1. The lowest BCUT2D eigenvalue weighted by Crippen LogP contribution is -2.41. The maximum Gasteiger partial charge on any atom is 0.273 e. The van der Waals surface area contributed by atoms with E-state index in [0.717, 1.165) is 0 Å². The van der Waals surface area contributed by atoms with E-state index in [-0.39, 0.29) is 11.1 Å². The Labute approximate surface area is 137 Å². The molecule has 23 heavy (non-hydrogen) atoms. The van der Waals surface area contributed by atoms with E-state index in [1.807, 2.05) is 6.07 Å². The predicted octanol–water partition coefficient (Wildman–Crippen LogP) is 2.30. The molecule has 2 N–H and O–H groups in total. The van der Waals surface area contributed by atoms with Gasteiger partial charge in [-0.1, -0.05) is 17.7 Å². The number of carbonyl (C=O) groups excluding carboxylic acids is 2. The van der Waals surface area contributed by atoms with Crippen molar-refractivity contribution in [3.8, 4) is 11.8 Å². The Morgan fingerprint density at radius 1 is 1.13 bits per heavy atom. The Hall–Kier alpha value is -3.04. The third kappa shape index (κ3) is 3.99. The number of nitrogens with zero attached hydrogens (tertiary/aromatic N) is 1. The second-order valence-electron chi connectivity index (χ2n) is 4.45. The fourth-order valence-corrected chi connectivity index (χ4v) is 2.01. The minimum absolute atomic E-state index is 0.186. The zero-order chi connectivity index (χ0) is 16.8. The lowest BCUT2D eigenvalue weighted by molar-refractivity contribution is 0.0845. The van der Waals surface area contributed by atoms with E-state index in [0.29, 0.717) is 16.3 Å². The summed E-state index contributed by atoms with van der Waals surface area (Å²) in [4.78, 5) is 24.1. The van der Waals surface area contributed by atoms with Gasteiger partial charge in [0.1, 0.15) is 5.75 Å². The molecule has 0 bridgehead atoms. The highest BCUT2D eigenvalue weighted by Gasteiger charge is 2.14. The average Bonchev–Trinajstić information content (AvgIpc) is 2.59. The Morgan fingerprint density at radius 2 is 1.87 bits per heavy atom. The van der Waals surface area contributed by atoms with Crippen molar-refractivity contribution in [3.05, 3.63) is 64.2 Å². The number of nitrogens with one attached hydrogen (secondary N) is 2. The summed E-state index contributed by atoms with van der Waals surface area (Å²) >= 11 is 5.86. The maximum atomic E-state index is 12.1. The van der Waals surface area contributed by atoms with E-state index < -0.39 is 11.8 Å². The molecule has 7 heteroatoms. The maximum absolute atomic E-state index is 12.1. The molecule has 0 radical (unpaired) electrons. The van der Waals surface area contributed by atoms with Crippen LogP contribution in [0.4, 0.5) is 0 Å². The van der Waals surface area contributed by atoms with E-state index in [9.17, 15) is 9.59 Å². The third-order valence-electron chi connectivity index (χ3n) is 2.95. The lowest BCUT2D eigenvalue weighted by atomic mass is 10.1. The van der Waals surface area contributed by atoms with Crippen molar-refractivity contribution in [1.82, 2.24) is 10.9 Å². The molecule has 0 heterocycles. The van der Waals surface area contributed by atoms with Crippen LogP contribution >= 0.6 is 11.6 Å². The van der Waals surface area contributed by atoms with Crippen LogP contribution in [0, 0.1) is 11.3 Å². The molecular weight excluding hydrogens is 318 g/mol. The number of hydrazine groups is 1. The van der Waals surface area contributed by atoms with E-state index in [2.05, 4.69) is 10.9 Å². The Kier molecular flexibility index (Phi) is 5.18. The summed E-state index contributed by atoms with van der Waals surface area (Å²) in [5.41, 5.74) is 5.34. The van der Waals surface area contributed by atoms with Gasteiger partial charge in [0.05, 0.1) is 24.3 Å². The van der Waals surface area contributed by atoms with Gasteiger partial charge in [0.25, 0.3) is 11.8 Å². The number of hydrogen-bond acceptors (Lipinski definition) is 4. The summed E-state index contributed by atoms with van der Waals surface area (Å²) in [6, 6.07) is 12.6. The summed E-state index contributed by atoms with van der Waals surface area (Å²) in [5, 5.41) is 9.18. The first kappa shape index (κ1) is 16.3. The van der Waals surface area contributed by atoms with Gasteiger partial charge in [-0.05, 0) is 36.4 Å². The molecule has 0 aliphatic rings. The topological polar surface area (TPSA) is 91.2 Å². The van der Waals surface area contributed by atoms with Gasteiger partial charge in [0.15, 0.2) is 0 Å². The molecule has 0 aliphatic heterocycles. The highest BCUT2D eigenvalue weighted by atomic mass is 35.5. The van der Waals surface area contributed by atoms with Gasteiger partial charge in [-0.2, -0.15) is 5.26 Å².